The van der Waals surface area contributed by atoms with Crippen LogP contribution in [0.1, 0.15) is 62.1 Å². The molecule has 14 heteroatoms. The van der Waals surface area contributed by atoms with Crippen LogP contribution in [-0.4, -0.2) is 50.3 Å². The van der Waals surface area contributed by atoms with E-state index >= 15 is 0 Å². The quantitative estimate of drug-likeness (QED) is 0.147. The number of benzene rings is 3. The summed E-state index contributed by atoms with van der Waals surface area (Å²) in [6.07, 6.45) is -2.14. The van der Waals surface area contributed by atoms with Crippen molar-refractivity contribution in [2.45, 2.75) is 64.0 Å². The first-order chi connectivity index (χ1) is 25.9. The highest BCUT2D eigenvalue weighted by atomic mass is 35.5. The van der Waals surface area contributed by atoms with Crippen molar-refractivity contribution in [3.8, 4) is 45.5 Å². The number of aliphatic hydroxyl groups excluding tert-OH is 1. The van der Waals surface area contributed by atoms with Gasteiger partial charge in [-0.05, 0) is 35.1 Å². The maximum Gasteiger partial charge on any atom is 0.262 e. The number of aromatic amines is 1. The number of carbonyl (C=O) groups is 2. The molecule has 5 atom stereocenters. The number of carbonyl (C=O) groups excluding carboxylic acids is 2. The first-order valence-corrected chi connectivity index (χ1v) is 18.6. The second-order valence-electron chi connectivity index (χ2n) is 15.0. The fourth-order valence-corrected chi connectivity index (χ4v) is 8.83. The molecular weight excluding hydrogens is 733 g/mol. The van der Waals surface area contributed by atoms with Crippen LogP contribution in [0.15, 0.2) is 63.4 Å². The van der Waals surface area contributed by atoms with Crippen molar-refractivity contribution in [1.29, 1.82) is 0 Å². The molecule has 3 aromatic heterocycles. The zero-order valence-electron chi connectivity index (χ0n) is 29.4. The summed E-state index contributed by atoms with van der Waals surface area (Å²) in [6, 6.07) is 15.6. The molecule has 4 N–H and O–H groups in total. The zero-order chi connectivity index (χ0) is 37.4. The van der Waals surface area contributed by atoms with Crippen LogP contribution >= 0.6 is 23.2 Å². The molecule has 7 heterocycles. The van der Waals surface area contributed by atoms with Gasteiger partial charge in [0.1, 0.15) is 34.8 Å². The number of aromatic nitrogens is 3. The fraction of sp³-hybridized carbons (Fsp3) is 0.300. The molecular formula is C40H33Cl2N5O7. The molecule has 2 amide bonds. The Morgan fingerprint density at radius 1 is 1.00 bits per heavy atom. The number of amides is 2. The predicted molar refractivity (Wildman–Crippen MR) is 198 cm³/mol. The normalized spacial score (nSPS) is 22.2. The summed E-state index contributed by atoms with van der Waals surface area (Å²) in [5.41, 5.74) is 4.08. The summed E-state index contributed by atoms with van der Waals surface area (Å²) in [4.78, 5) is 40.4. The minimum atomic E-state index is -1.31. The standard InChI is InChI=1S/C40H33Cl2N5O7/c1-15(2)27-37-46-28-32(54-37)40-20-9-5-8-19(18-7-6-10-22-25(18)26(33(41)43-22)31-34(42)47-38(28)52-31)30(20)53-39(40)51-24-12-11-17(13-21(24)40)14-23(35(49)45-27)44-36(50)29(48)16(3)4/h5-13,15-16,23,27,29,39,43,48H,14H2,1-4H3,(H,44,50)(H,45,49)/t23-,27-,29-,39?,40-/m0/s1. The van der Waals surface area contributed by atoms with Crippen molar-refractivity contribution in [2.75, 3.05) is 0 Å². The minimum absolute atomic E-state index is 0.0716. The van der Waals surface area contributed by atoms with E-state index in [1.807, 2.05) is 68.4 Å². The number of halogens is 2. The van der Waals surface area contributed by atoms with Crippen molar-refractivity contribution >= 4 is 45.9 Å². The Morgan fingerprint density at radius 3 is 2.59 bits per heavy atom. The Hall–Kier alpha value is -5.30. The van der Waals surface area contributed by atoms with Gasteiger partial charge in [0.2, 0.25) is 17.7 Å². The van der Waals surface area contributed by atoms with E-state index in [1.54, 1.807) is 13.8 Å². The molecule has 3 aromatic carbocycles. The number of ether oxygens (including phenoxy) is 2. The summed E-state index contributed by atoms with van der Waals surface area (Å²) in [7, 11) is 0. The van der Waals surface area contributed by atoms with E-state index in [1.165, 1.54) is 0 Å². The van der Waals surface area contributed by atoms with E-state index in [-0.39, 0.29) is 46.6 Å². The summed E-state index contributed by atoms with van der Waals surface area (Å²) in [6.45, 7) is 7.32. The van der Waals surface area contributed by atoms with Crippen molar-refractivity contribution in [3.63, 3.8) is 0 Å². The van der Waals surface area contributed by atoms with Crippen LogP contribution in [0.5, 0.6) is 11.5 Å². The van der Waals surface area contributed by atoms with E-state index < -0.39 is 41.7 Å². The Balaban J connectivity index is 1.30. The van der Waals surface area contributed by atoms with Gasteiger partial charge in [0.25, 0.3) is 12.2 Å². The number of para-hydroxylation sites is 1. The molecule has 10 bridgehead atoms. The molecule has 274 valence electrons. The van der Waals surface area contributed by atoms with E-state index in [9.17, 15) is 14.7 Å². The largest absolute Gasteiger partial charge is 0.453 e. The minimum Gasteiger partial charge on any atom is -0.453 e. The maximum absolute atomic E-state index is 14.2. The van der Waals surface area contributed by atoms with Crippen LogP contribution in [0.2, 0.25) is 10.3 Å². The summed E-state index contributed by atoms with van der Waals surface area (Å²) >= 11 is 13.8. The third kappa shape index (κ3) is 4.47. The van der Waals surface area contributed by atoms with Gasteiger partial charge in [0.05, 0.1) is 5.56 Å². The van der Waals surface area contributed by atoms with Gasteiger partial charge in [-0.3, -0.25) is 9.59 Å². The molecule has 0 saturated carbocycles. The third-order valence-electron chi connectivity index (χ3n) is 11.0. The SMILES string of the molecule is CC(C)[C@H](O)C(=O)N[C@H]1Cc2ccc3c(c2)[C@]24c5cccc(c5OC2O3)-c2cccc3[nH]c(Cl)c(c23)-c2oc(nc2Cl)-c2nc(oc24)[C@H](C(C)C)NC1=O. The molecule has 0 saturated heterocycles. The van der Waals surface area contributed by atoms with Crippen LogP contribution in [0.25, 0.3) is 44.9 Å². The summed E-state index contributed by atoms with van der Waals surface area (Å²) < 4.78 is 27.1. The Bertz CT molecular complexity index is 2590. The number of oxazole rings is 2. The summed E-state index contributed by atoms with van der Waals surface area (Å²) in [5, 5.41) is 17.7. The number of aliphatic hydroxyl groups is 1. The van der Waals surface area contributed by atoms with Gasteiger partial charge in [0.15, 0.2) is 27.8 Å². The Kier molecular flexibility index (Phi) is 7.15. The number of rotatable bonds is 4. The van der Waals surface area contributed by atoms with Gasteiger partial charge in [0, 0.05) is 34.0 Å². The Morgan fingerprint density at radius 2 is 1.80 bits per heavy atom. The van der Waals surface area contributed by atoms with E-state index in [2.05, 4.69) is 15.6 Å². The molecule has 10 rings (SSSR count). The van der Waals surface area contributed by atoms with E-state index in [0.717, 1.165) is 33.2 Å². The van der Waals surface area contributed by atoms with Gasteiger partial charge in [-0.1, -0.05) is 93.4 Å². The molecule has 54 heavy (non-hydrogen) atoms. The summed E-state index contributed by atoms with van der Waals surface area (Å²) in [5.74, 6) is 0.243. The molecule has 0 aliphatic carbocycles. The number of hydrogen-bond acceptors (Lipinski definition) is 9. The highest BCUT2D eigenvalue weighted by Gasteiger charge is 2.63. The van der Waals surface area contributed by atoms with Crippen molar-refractivity contribution in [2.24, 2.45) is 11.8 Å². The van der Waals surface area contributed by atoms with Crippen LogP contribution < -0.4 is 20.1 Å². The van der Waals surface area contributed by atoms with Gasteiger partial charge in [-0.2, -0.15) is 4.98 Å². The molecule has 0 radical (unpaired) electrons. The average molecular weight is 767 g/mol. The highest BCUT2D eigenvalue weighted by molar-refractivity contribution is 6.37. The van der Waals surface area contributed by atoms with Crippen molar-refractivity contribution in [1.82, 2.24) is 25.6 Å². The van der Waals surface area contributed by atoms with Gasteiger partial charge < -0.3 is 39.0 Å². The third-order valence-corrected chi connectivity index (χ3v) is 11.6. The smallest absolute Gasteiger partial charge is 0.262 e. The number of fused-ring (bicyclic) bond motifs is 7. The second kappa shape index (κ2) is 11.6. The average Bonchev–Trinajstić information content (AvgIpc) is 3.94. The lowest BCUT2D eigenvalue weighted by atomic mass is 9.72. The Labute approximate surface area is 318 Å². The highest BCUT2D eigenvalue weighted by Crippen LogP contribution is 2.63. The lowest BCUT2D eigenvalue weighted by Gasteiger charge is -2.28. The zero-order valence-corrected chi connectivity index (χ0v) is 30.9. The molecule has 6 aromatic rings. The molecule has 1 spiro atoms. The first kappa shape index (κ1) is 33.3. The predicted octanol–water partition coefficient (Wildman–Crippen LogP) is 7.08. The van der Waals surface area contributed by atoms with E-state index in [4.69, 9.17) is 51.5 Å². The van der Waals surface area contributed by atoms with Crippen molar-refractivity contribution < 1.29 is 33.0 Å². The molecule has 1 unspecified atom stereocenters. The number of hydrogen-bond donors (Lipinski definition) is 4. The monoisotopic (exact) mass is 765 g/mol. The van der Waals surface area contributed by atoms with E-state index in [0.29, 0.717) is 33.5 Å². The van der Waals surface area contributed by atoms with Crippen LogP contribution in [0.4, 0.5) is 0 Å². The molecule has 0 fully saturated rings. The topological polar surface area (TPSA) is 165 Å². The maximum atomic E-state index is 14.2. The lowest BCUT2D eigenvalue weighted by Crippen LogP contribution is -2.52. The fourth-order valence-electron chi connectivity index (χ4n) is 8.34. The second-order valence-corrected chi connectivity index (χ2v) is 15.7. The number of nitrogens with zero attached hydrogens (tertiary/aromatic N) is 2. The van der Waals surface area contributed by atoms with Crippen LogP contribution in [0, 0.1) is 11.8 Å². The van der Waals surface area contributed by atoms with Crippen LogP contribution in [-0.2, 0) is 21.4 Å². The van der Waals surface area contributed by atoms with Gasteiger partial charge in [-0.25, -0.2) is 4.98 Å². The van der Waals surface area contributed by atoms with Crippen LogP contribution in [0.3, 0.4) is 0 Å². The van der Waals surface area contributed by atoms with Crippen molar-refractivity contribution in [3.05, 3.63) is 93.2 Å². The lowest BCUT2D eigenvalue weighted by molar-refractivity contribution is -0.135. The molecule has 12 nitrogen and oxygen atoms in total. The van der Waals surface area contributed by atoms with Gasteiger partial charge >= 0.3 is 0 Å². The number of H-pyrrole nitrogens is 1. The molecule has 4 aliphatic rings. The first-order valence-electron chi connectivity index (χ1n) is 17.8. The number of nitrogens with one attached hydrogen (secondary N) is 3. The molecule has 4 aliphatic heterocycles. The van der Waals surface area contributed by atoms with Gasteiger partial charge in [-0.15, -0.1) is 0 Å².